The van der Waals surface area contributed by atoms with Crippen LogP contribution >= 0.6 is 0 Å². The fraction of sp³-hybridized carbons (Fsp3) is 0.500. The lowest BCUT2D eigenvalue weighted by Crippen LogP contribution is -2.42. The number of hydrogen-bond donors (Lipinski definition) is 3. The SMILES string of the molecule is CCN(CC(C)(C)CN)C(=O)c1cc(O)ccc1O. The van der Waals surface area contributed by atoms with Crippen molar-refractivity contribution in [2.24, 2.45) is 11.1 Å². The molecule has 0 radical (unpaired) electrons. The molecule has 1 aromatic carbocycles. The van der Waals surface area contributed by atoms with Crippen molar-refractivity contribution in [2.45, 2.75) is 20.8 Å². The molecule has 0 unspecified atom stereocenters. The van der Waals surface area contributed by atoms with Crippen molar-refractivity contribution in [3.8, 4) is 11.5 Å². The number of nitrogens with two attached hydrogens (primary N) is 1. The van der Waals surface area contributed by atoms with Crippen molar-refractivity contribution >= 4 is 5.91 Å². The summed E-state index contributed by atoms with van der Waals surface area (Å²) in [6.45, 7) is 7.29. The van der Waals surface area contributed by atoms with E-state index in [-0.39, 0.29) is 28.4 Å². The van der Waals surface area contributed by atoms with E-state index < -0.39 is 0 Å². The van der Waals surface area contributed by atoms with E-state index in [1.165, 1.54) is 18.2 Å². The third kappa shape index (κ3) is 3.86. The number of nitrogens with zero attached hydrogens (tertiary/aromatic N) is 1. The third-order valence-corrected chi connectivity index (χ3v) is 3.05. The molecular weight excluding hydrogens is 244 g/mol. The molecule has 19 heavy (non-hydrogen) atoms. The topological polar surface area (TPSA) is 86.8 Å². The molecule has 0 aromatic heterocycles. The molecule has 4 N–H and O–H groups in total. The summed E-state index contributed by atoms with van der Waals surface area (Å²) in [5.41, 5.74) is 5.58. The van der Waals surface area contributed by atoms with Gasteiger partial charge in [0.25, 0.3) is 5.91 Å². The second-order valence-corrected chi connectivity index (χ2v) is 5.39. The highest BCUT2D eigenvalue weighted by molar-refractivity contribution is 5.97. The van der Waals surface area contributed by atoms with Gasteiger partial charge in [0, 0.05) is 13.1 Å². The van der Waals surface area contributed by atoms with Crippen LogP contribution < -0.4 is 5.73 Å². The lowest BCUT2D eigenvalue weighted by Gasteiger charge is -2.31. The molecule has 106 valence electrons. The summed E-state index contributed by atoms with van der Waals surface area (Å²) in [6.07, 6.45) is 0. The lowest BCUT2D eigenvalue weighted by molar-refractivity contribution is 0.0697. The Balaban J connectivity index is 2.99. The largest absolute Gasteiger partial charge is 0.508 e. The molecule has 1 aromatic rings. The van der Waals surface area contributed by atoms with Gasteiger partial charge in [-0.25, -0.2) is 0 Å². The first-order valence-corrected chi connectivity index (χ1v) is 6.32. The molecule has 1 amide bonds. The standard InChI is InChI=1S/C14H22N2O3/c1-4-16(9-14(2,3)8-15)13(19)11-7-10(17)5-6-12(11)18/h5-7,17-18H,4,8-9,15H2,1-3H3. The molecule has 0 atom stereocenters. The molecule has 1 rings (SSSR count). The van der Waals surface area contributed by atoms with Crippen molar-refractivity contribution in [3.63, 3.8) is 0 Å². The Morgan fingerprint density at radius 1 is 1.37 bits per heavy atom. The highest BCUT2D eigenvalue weighted by atomic mass is 16.3. The molecule has 5 nitrogen and oxygen atoms in total. The molecule has 0 aliphatic heterocycles. The van der Waals surface area contributed by atoms with E-state index in [0.29, 0.717) is 19.6 Å². The van der Waals surface area contributed by atoms with Crippen LogP contribution in [0.3, 0.4) is 0 Å². The van der Waals surface area contributed by atoms with Gasteiger partial charge in [0.15, 0.2) is 0 Å². The monoisotopic (exact) mass is 266 g/mol. The predicted molar refractivity (Wildman–Crippen MR) is 74.2 cm³/mol. The van der Waals surface area contributed by atoms with Crippen LogP contribution in [0.5, 0.6) is 11.5 Å². The first-order valence-electron chi connectivity index (χ1n) is 6.32. The molecule has 5 heteroatoms. The zero-order valence-corrected chi connectivity index (χ0v) is 11.7. The average molecular weight is 266 g/mol. The summed E-state index contributed by atoms with van der Waals surface area (Å²) in [5, 5.41) is 19.1. The van der Waals surface area contributed by atoms with Crippen LogP contribution in [0.15, 0.2) is 18.2 Å². The molecule has 0 saturated heterocycles. The highest BCUT2D eigenvalue weighted by Crippen LogP contribution is 2.25. The fourth-order valence-electron chi connectivity index (χ4n) is 1.77. The molecule has 0 saturated carbocycles. The smallest absolute Gasteiger partial charge is 0.257 e. The molecule has 0 bridgehead atoms. The van der Waals surface area contributed by atoms with E-state index >= 15 is 0 Å². The first kappa shape index (κ1) is 15.3. The van der Waals surface area contributed by atoms with Gasteiger partial charge in [0.1, 0.15) is 11.5 Å². The van der Waals surface area contributed by atoms with E-state index in [1.54, 1.807) is 4.90 Å². The summed E-state index contributed by atoms with van der Waals surface area (Å²) in [6, 6.07) is 3.92. The van der Waals surface area contributed by atoms with Gasteiger partial charge in [-0.05, 0) is 37.1 Å². The Morgan fingerprint density at radius 3 is 2.53 bits per heavy atom. The summed E-state index contributed by atoms with van der Waals surface area (Å²) >= 11 is 0. The molecule has 0 aliphatic rings. The summed E-state index contributed by atoms with van der Waals surface area (Å²) in [4.78, 5) is 14.0. The van der Waals surface area contributed by atoms with E-state index in [9.17, 15) is 15.0 Å². The van der Waals surface area contributed by atoms with Gasteiger partial charge in [0.05, 0.1) is 5.56 Å². The van der Waals surface area contributed by atoms with Crippen LogP contribution in [0.2, 0.25) is 0 Å². The molecule has 0 aliphatic carbocycles. The molecular formula is C14H22N2O3. The minimum Gasteiger partial charge on any atom is -0.508 e. The van der Waals surface area contributed by atoms with Crippen LogP contribution in [0.4, 0.5) is 0 Å². The highest BCUT2D eigenvalue weighted by Gasteiger charge is 2.25. The summed E-state index contributed by atoms with van der Waals surface area (Å²) in [7, 11) is 0. The van der Waals surface area contributed by atoms with Crippen LogP contribution in [0.1, 0.15) is 31.1 Å². The van der Waals surface area contributed by atoms with Crippen LogP contribution in [0, 0.1) is 5.41 Å². The summed E-state index contributed by atoms with van der Waals surface area (Å²) in [5.74, 6) is -0.487. The normalized spacial score (nSPS) is 11.4. The second kappa shape index (κ2) is 5.93. The predicted octanol–water partition coefficient (Wildman–Crippen LogP) is 1.54. The van der Waals surface area contributed by atoms with E-state index in [4.69, 9.17) is 5.73 Å². The molecule has 0 fully saturated rings. The van der Waals surface area contributed by atoms with Gasteiger partial charge in [-0.15, -0.1) is 0 Å². The Kier molecular flexibility index (Phi) is 4.78. The number of phenols is 2. The number of rotatable bonds is 5. The van der Waals surface area contributed by atoms with Gasteiger partial charge in [-0.2, -0.15) is 0 Å². The maximum absolute atomic E-state index is 12.4. The van der Waals surface area contributed by atoms with Crippen molar-refractivity contribution in [2.75, 3.05) is 19.6 Å². The fourth-order valence-corrected chi connectivity index (χ4v) is 1.77. The first-order chi connectivity index (χ1) is 8.80. The third-order valence-electron chi connectivity index (χ3n) is 3.05. The maximum Gasteiger partial charge on any atom is 0.257 e. The number of phenolic OH excluding ortho intramolecular Hbond substituents is 2. The van der Waals surface area contributed by atoms with E-state index in [2.05, 4.69) is 0 Å². The minimum absolute atomic E-state index is 0.0460. The van der Waals surface area contributed by atoms with Crippen LogP contribution in [-0.2, 0) is 0 Å². The Labute approximate surface area is 113 Å². The quantitative estimate of drug-likeness (QED) is 0.706. The Bertz CT molecular complexity index is 458. The van der Waals surface area contributed by atoms with Crippen LogP contribution in [0.25, 0.3) is 0 Å². The zero-order chi connectivity index (χ0) is 14.6. The van der Waals surface area contributed by atoms with Crippen molar-refractivity contribution < 1.29 is 15.0 Å². The van der Waals surface area contributed by atoms with E-state index in [0.717, 1.165) is 0 Å². The van der Waals surface area contributed by atoms with Gasteiger partial charge in [0.2, 0.25) is 0 Å². The van der Waals surface area contributed by atoms with Gasteiger partial charge >= 0.3 is 0 Å². The molecule has 0 spiro atoms. The Morgan fingerprint density at radius 2 is 2.00 bits per heavy atom. The Hall–Kier alpha value is -1.75. The molecule has 0 heterocycles. The number of aromatic hydroxyl groups is 2. The van der Waals surface area contributed by atoms with Crippen molar-refractivity contribution in [1.82, 2.24) is 4.90 Å². The number of benzene rings is 1. The number of carbonyl (C=O) groups excluding carboxylic acids is 1. The number of hydrogen-bond acceptors (Lipinski definition) is 4. The van der Waals surface area contributed by atoms with E-state index in [1.807, 2.05) is 20.8 Å². The second-order valence-electron chi connectivity index (χ2n) is 5.39. The van der Waals surface area contributed by atoms with Gasteiger partial charge in [-0.3, -0.25) is 4.79 Å². The summed E-state index contributed by atoms with van der Waals surface area (Å²) < 4.78 is 0. The van der Waals surface area contributed by atoms with Crippen molar-refractivity contribution in [1.29, 1.82) is 0 Å². The lowest BCUT2D eigenvalue weighted by atomic mass is 9.93. The van der Waals surface area contributed by atoms with Gasteiger partial charge < -0.3 is 20.8 Å². The minimum atomic E-state index is -0.308. The maximum atomic E-state index is 12.4. The average Bonchev–Trinajstić information content (AvgIpc) is 2.38. The van der Waals surface area contributed by atoms with Crippen molar-refractivity contribution in [3.05, 3.63) is 23.8 Å². The number of carbonyl (C=O) groups is 1. The van der Waals surface area contributed by atoms with Crippen LogP contribution in [-0.4, -0.2) is 40.7 Å². The number of amides is 1. The van der Waals surface area contributed by atoms with Gasteiger partial charge in [-0.1, -0.05) is 13.8 Å². The zero-order valence-electron chi connectivity index (χ0n) is 11.7.